The highest BCUT2D eigenvalue weighted by Crippen LogP contribution is 2.33. The molecule has 2 saturated heterocycles. The van der Waals surface area contributed by atoms with Gasteiger partial charge in [0.1, 0.15) is 5.82 Å². The molecule has 0 N–H and O–H groups in total. The number of hydrogen-bond donors (Lipinski definition) is 0. The first kappa shape index (κ1) is 19.1. The Kier molecular flexibility index (Phi) is 4.75. The van der Waals surface area contributed by atoms with Gasteiger partial charge in [-0.15, -0.1) is 0 Å². The first-order valence-electron chi connectivity index (χ1n) is 9.32. The van der Waals surface area contributed by atoms with Crippen molar-refractivity contribution >= 4 is 21.4 Å². The topological polar surface area (TPSA) is 57.7 Å². The van der Waals surface area contributed by atoms with Gasteiger partial charge in [0.25, 0.3) is 0 Å². The maximum absolute atomic E-state index is 13.2. The summed E-state index contributed by atoms with van der Waals surface area (Å²) in [5.74, 6) is -0.423. The second-order valence-corrected chi connectivity index (χ2v) is 9.93. The third kappa shape index (κ3) is 3.56. The van der Waals surface area contributed by atoms with Gasteiger partial charge in [-0.2, -0.15) is 0 Å². The van der Waals surface area contributed by atoms with E-state index in [2.05, 4.69) is 0 Å². The van der Waals surface area contributed by atoms with Crippen LogP contribution >= 0.6 is 0 Å². The van der Waals surface area contributed by atoms with E-state index in [0.29, 0.717) is 6.54 Å². The first-order valence-corrected chi connectivity index (χ1v) is 11.1. The van der Waals surface area contributed by atoms with Crippen LogP contribution in [-0.4, -0.2) is 49.4 Å². The van der Waals surface area contributed by atoms with E-state index >= 15 is 0 Å². The molecular formula is C21H23FN2O3S. The molecule has 2 fully saturated rings. The van der Waals surface area contributed by atoms with Crippen LogP contribution in [0.2, 0.25) is 0 Å². The number of rotatable bonds is 3. The van der Waals surface area contributed by atoms with Crippen molar-refractivity contribution in [2.45, 2.75) is 32.5 Å². The molecule has 2 aromatic carbocycles. The van der Waals surface area contributed by atoms with Gasteiger partial charge in [-0.3, -0.25) is 9.69 Å². The maximum Gasteiger partial charge on any atom is 0.241 e. The number of piperazine rings is 1. The van der Waals surface area contributed by atoms with E-state index in [1.807, 2.05) is 36.9 Å². The fourth-order valence-corrected chi connectivity index (χ4v) is 6.15. The summed E-state index contributed by atoms with van der Waals surface area (Å²) in [6.07, 6.45) is 0. The number of carbonyl (C=O) groups is 1. The summed E-state index contributed by atoms with van der Waals surface area (Å²) in [5, 5.41) is 0. The van der Waals surface area contributed by atoms with Crippen LogP contribution in [0.15, 0.2) is 42.5 Å². The Balaban J connectivity index is 1.67. The van der Waals surface area contributed by atoms with Crippen LogP contribution in [0.25, 0.3) is 0 Å². The Bertz CT molecular complexity index is 1020. The number of halogens is 1. The zero-order valence-electron chi connectivity index (χ0n) is 15.9. The van der Waals surface area contributed by atoms with Gasteiger partial charge in [-0.05, 0) is 54.8 Å². The zero-order chi connectivity index (χ0) is 20.1. The maximum atomic E-state index is 13.2. The Morgan fingerprint density at radius 2 is 1.68 bits per heavy atom. The number of fused-ring (bicyclic) bond motifs is 1. The van der Waals surface area contributed by atoms with E-state index in [-0.39, 0.29) is 35.8 Å². The molecular weight excluding hydrogens is 379 g/mol. The molecule has 0 spiro atoms. The lowest BCUT2D eigenvalue weighted by Crippen LogP contribution is -2.61. The fraction of sp³-hybridized carbons (Fsp3) is 0.381. The third-order valence-corrected chi connectivity index (χ3v) is 7.47. The van der Waals surface area contributed by atoms with Crippen LogP contribution in [0.3, 0.4) is 0 Å². The van der Waals surface area contributed by atoms with Gasteiger partial charge in [0.2, 0.25) is 5.91 Å². The van der Waals surface area contributed by atoms with Crippen molar-refractivity contribution in [1.29, 1.82) is 0 Å². The van der Waals surface area contributed by atoms with Crippen molar-refractivity contribution in [2.24, 2.45) is 0 Å². The number of hydrogen-bond acceptors (Lipinski definition) is 4. The highest BCUT2D eigenvalue weighted by molar-refractivity contribution is 7.91. The zero-order valence-corrected chi connectivity index (χ0v) is 16.7. The van der Waals surface area contributed by atoms with E-state index in [1.54, 1.807) is 17.0 Å². The summed E-state index contributed by atoms with van der Waals surface area (Å²) in [5.41, 5.74) is 3.80. The van der Waals surface area contributed by atoms with Crippen molar-refractivity contribution in [3.05, 3.63) is 65.0 Å². The summed E-state index contributed by atoms with van der Waals surface area (Å²) in [6, 6.07) is 11.2. The quantitative estimate of drug-likeness (QED) is 0.791. The van der Waals surface area contributed by atoms with E-state index in [4.69, 9.17) is 0 Å². The molecule has 0 radical (unpaired) electrons. The number of benzene rings is 2. The molecule has 0 bridgehead atoms. The van der Waals surface area contributed by atoms with Gasteiger partial charge in [0.05, 0.1) is 24.1 Å². The Labute approximate surface area is 164 Å². The van der Waals surface area contributed by atoms with Crippen LogP contribution in [0, 0.1) is 19.7 Å². The molecule has 2 aliphatic heterocycles. The van der Waals surface area contributed by atoms with Gasteiger partial charge in [-0.25, -0.2) is 12.8 Å². The number of nitrogens with zero attached hydrogens (tertiary/aromatic N) is 2. The summed E-state index contributed by atoms with van der Waals surface area (Å²) in [7, 11) is -3.24. The monoisotopic (exact) mass is 402 g/mol. The van der Waals surface area contributed by atoms with Crippen molar-refractivity contribution in [3.63, 3.8) is 0 Å². The molecule has 2 heterocycles. The molecule has 2 aromatic rings. The predicted molar refractivity (Wildman–Crippen MR) is 106 cm³/mol. The summed E-state index contributed by atoms with van der Waals surface area (Å²) in [6.45, 7) is 4.55. The van der Waals surface area contributed by atoms with Crippen LogP contribution < -0.4 is 4.90 Å². The molecule has 0 saturated carbocycles. The van der Waals surface area contributed by atoms with E-state index in [0.717, 1.165) is 22.4 Å². The Morgan fingerprint density at radius 3 is 2.36 bits per heavy atom. The lowest BCUT2D eigenvalue weighted by Gasteiger charge is -2.43. The standard InChI is InChI=1S/C21H23FN2O3S/c1-14-3-8-18(9-15(14)2)24-20-13-28(26,27)12-19(20)23(11-21(24)25)10-16-4-6-17(22)7-5-16/h3-9,19-20H,10-13H2,1-2H3/t19-,20+/m0/s1. The van der Waals surface area contributed by atoms with E-state index in [1.165, 1.54) is 12.1 Å². The molecule has 0 unspecified atom stereocenters. The second kappa shape index (κ2) is 6.97. The van der Waals surface area contributed by atoms with Crippen LogP contribution in [0.1, 0.15) is 16.7 Å². The average Bonchev–Trinajstić information content (AvgIpc) is 2.95. The van der Waals surface area contributed by atoms with Crippen LogP contribution in [0.5, 0.6) is 0 Å². The fourth-order valence-electron chi connectivity index (χ4n) is 4.17. The number of carbonyl (C=O) groups excluding carboxylic acids is 1. The van der Waals surface area contributed by atoms with Crippen molar-refractivity contribution in [1.82, 2.24) is 4.90 Å². The Morgan fingerprint density at radius 1 is 1.00 bits per heavy atom. The molecule has 148 valence electrons. The SMILES string of the molecule is Cc1ccc(N2C(=O)CN(Cc3ccc(F)cc3)[C@H]3CS(=O)(=O)C[C@H]32)cc1C. The van der Waals surface area contributed by atoms with Crippen LogP contribution in [0.4, 0.5) is 10.1 Å². The highest BCUT2D eigenvalue weighted by Gasteiger charge is 2.49. The number of anilines is 1. The Hall–Kier alpha value is -2.25. The van der Waals surface area contributed by atoms with Gasteiger partial charge in [0.15, 0.2) is 9.84 Å². The molecule has 7 heteroatoms. The molecule has 0 aliphatic carbocycles. The molecule has 2 aliphatic rings. The normalized spacial score (nSPS) is 24.4. The minimum Gasteiger partial charge on any atom is -0.306 e. The lowest BCUT2D eigenvalue weighted by molar-refractivity contribution is -0.123. The minimum absolute atomic E-state index is 0.0315. The molecule has 1 amide bonds. The second-order valence-electron chi connectivity index (χ2n) is 7.78. The molecule has 2 atom stereocenters. The minimum atomic E-state index is -3.24. The predicted octanol–water partition coefficient (Wildman–Crippen LogP) is 2.46. The molecule has 0 aromatic heterocycles. The smallest absolute Gasteiger partial charge is 0.241 e. The third-order valence-electron chi connectivity index (χ3n) is 5.77. The van der Waals surface area contributed by atoms with Crippen molar-refractivity contribution in [3.8, 4) is 0 Å². The highest BCUT2D eigenvalue weighted by atomic mass is 32.2. The average molecular weight is 402 g/mol. The van der Waals surface area contributed by atoms with Crippen molar-refractivity contribution < 1.29 is 17.6 Å². The van der Waals surface area contributed by atoms with Gasteiger partial charge in [-0.1, -0.05) is 18.2 Å². The summed E-state index contributed by atoms with van der Waals surface area (Å²) < 4.78 is 38.1. The molecule has 4 rings (SSSR count). The van der Waals surface area contributed by atoms with E-state index < -0.39 is 15.9 Å². The van der Waals surface area contributed by atoms with E-state index in [9.17, 15) is 17.6 Å². The summed E-state index contributed by atoms with van der Waals surface area (Å²) in [4.78, 5) is 16.6. The number of aryl methyl sites for hydroxylation is 2. The van der Waals surface area contributed by atoms with Crippen LogP contribution in [-0.2, 0) is 21.2 Å². The van der Waals surface area contributed by atoms with Crippen molar-refractivity contribution in [2.75, 3.05) is 23.0 Å². The van der Waals surface area contributed by atoms with Gasteiger partial charge >= 0.3 is 0 Å². The number of amides is 1. The van der Waals surface area contributed by atoms with Gasteiger partial charge < -0.3 is 4.90 Å². The first-order chi connectivity index (χ1) is 13.2. The summed E-state index contributed by atoms with van der Waals surface area (Å²) >= 11 is 0. The molecule has 28 heavy (non-hydrogen) atoms. The lowest BCUT2D eigenvalue weighted by atomic mass is 10.0. The largest absolute Gasteiger partial charge is 0.306 e. The molecule has 5 nitrogen and oxygen atoms in total. The van der Waals surface area contributed by atoms with Gasteiger partial charge in [0, 0.05) is 18.3 Å². The number of sulfone groups is 1.